The Bertz CT molecular complexity index is 475. The van der Waals surface area contributed by atoms with Crippen molar-refractivity contribution in [1.82, 2.24) is 0 Å². The quantitative estimate of drug-likeness (QED) is 0.775. The van der Waals surface area contributed by atoms with Gasteiger partial charge in [-0.1, -0.05) is 6.07 Å². The van der Waals surface area contributed by atoms with Gasteiger partial charge >= 0.3 is 0 Å². The lowest BCUT2D eigenvalue weighted by Gasteiger charge is -2.16. The Balaban J connectivity index is 2.58. The molecule has 1 rings (SSSR count). The van der Waals surface area contributed by atoms with E-state index in [1.807, 2.05) is 19.9 Å². The number of aliphatic hydroxyl groups is 1. The molecule has 4 nitrogen and oxygen atoms in total. The zero-order chi connectivity index (χ0) is 15.2. The average Bonchev–Trinajstić information content (AvgIpc) is 2.43. The summed E-state index contributed by atoms with van der Waals surface area (Å²) in [6, 6.07) is 7.67. The fraction of sp³-hybridized carbons (Fsp3) is 0.562. The van der Waals surface area contributed by atoms with Crippen LogP contribution in [0, 0.1) is 16.7 Å². The van der Waals surface area contributed by atoms with Gasteiger partial charge in [0.1, 0.15) is 0 Å². The molecule has 0 aliphatic rings. The molecule has 0 fully saturated rings. The van der Waals surface area contributed by atoms with E-state index in [2.05, 4.69) is 6.07 Å². The highest BCUT2D eigenvalue weighted by atomic mass is 16.5. The molecule has 0 aromatic heterocycles. The van der Waals surface area contributed by atoms with Gasteiger partial charge < -0.3 is 14.6 Å². The molecule has 0 aliphatic carbocycles. The molecule has 0 saturated carbocycles. The van der Waals surface area contributed by atoms with Gasteiger partial charge in [0, 0.05) is 0 Å². The number of hydrogen-bond acceptors (Lipinski definition) is 4. The first kappa shape index (κ1) is 16.3. The molecule has 0 amide bonds. The van der Waals surface area contributed by atoms with Gasteiger partial charge in [0.2, 0.25) is 0 Å². The van der Waals surface area contributed by atoms with Crippen LogP contribution in [0.4, 0.5) is 0 Å². The maximum absolute atomic E-state index is 9.54. The van der Waals surface area contributed by atoms with Gasteiger partial charge in [-0.2, -0.15) is 5.26 Å². The lowest BCUT2D eigenvalue weighted by Crippen LogP contribution is -2.10. The smallest absolute Gasteiger partial charge is 0.161 e. The fourth-order valence-electron chi connectivity index (χ4n) is 1.82. The maximum Gasteiger partial charge on any atom is 0.161 e. The van der Waals surface area contributed by atoms with Crippen molar-refractivity contribution in [2.45, 2.75) is 39.7 Å². The van der Waals surface area contributed by atoms with Crippen LogP contribution in [0.25, 0.3) is 0 Å². The number of nitriles is 1. The molecule has 0 radical (unpaired) electrons. The minimum atomic E-state index is -0.533. The Hall–Kier alpha value is -1.73. The minimum absolute atomic E-state index is 0.316. The average molecular weight is 277 g/mol. The number of ether oxygens (including phenoxy) is 2. The molecule has 0 saturated heterocycles. The van der Waals surface area contributed by atoms with Crippen LogP contribution in [0.15, 0.2) is 18.2 Å². The third-order valence-electron chi connectivity index (χ3n) is 3.18. The van der Waals surface area contributed by atoms with Crippen LogP contribution in [-0.2, 0) is 0 Å². The summed E-state index contributed by atoms with van der Waals surface area (Å²) >= 11 is 0. The summed E-state index contributed by atoms with van der Waals surface area (Å²) in [6.45, 7) is 6.09. The zero-order valence-electron chi connectivity index (χ0n) is 12.6. The fourth-order valence-corrected chi connectivity index (χ4v) is 1.82. The van der Waals surface area contributed by atoms with Crippen molar-refractivity contribution in [3.8, 4) is 17.6 Å². The summed E-state index contributed by atoms with van der Waals surface area (Å²) in [5, 5.41) is 18.5. The molecular weight excluding hydrogens is 254 g/mol. The third-order valence-corrected chi connectivity index (χ3v) is 3.18. The van der Waals surface area contributed by atoms with Crippen LogP contribution in [0.3, 0.4) is 0 Å². The normalized spacial score (nSPS) is 12.6. The van der Waals surface area contributed by atoms with E-state index in [0.717, 1.165) is 18.4 Å². The lowest BCUT2D eigenvalue weighted by atomic mass is 9.90. The molecule has 110 valence electrons. The molecule has 0 spiro atoms. The van der Waals surface area contributed by atoms with Crippen molar-refractivity contribution in [3.63, 3.8) is 0 Å². The van der Waals surface area contributed by atoms with E-state index in [1.165, 1.54) is 0 Å². The number of aliphatic hydroxyl groups excluding tert-OH is 1. The van der Waals surface area contributed by atoms with Crippen LogP contribution in [0.2, 0.25) is 0 Å². The molecule has 1 aromatic carbocycles. The first-order chi connectivity index (χ1) is 9.39. The Kier molecular flexibility index (Phi) is 5.84. The van der Waals surface area contributed by atoms with Crippen LogP contribution in [-0.4, -0.2) is 18.8 Å². The molecule has 0 bridgehead atoms. The minimum Gasteiger partial charge on any atom is -0.493 e. The SMILES string of the molecule is COc1cc([C@@H](C)O)ccc1OCCCC(C)(C)C#N. The molecular formula is C16H23NO3. The molecule has 0 heterocycles. The van der Waals surface area contributed by atoms with E-state index in [4.69, 9.17) is 14.7 Å². The number of nitrogens with zero attached hydrogens (tertiary/aromatic N) is 1. The number of methoxy groups -OCH3 is 1. The second-order valence-corrected chi connectivity index (χ2v) is 5.53. The predicted molar refractivity (Wildman–Crippen MR) is 77.8 cm³/mol. The summed E-state index contributed by atoms with van der Waals surface area (Å²) < 4.78 is 11.0. The highest BCUT2D eigenvalue weighted by Gasteiger charge is 2.16. The Labute approximate surface area is 120 Å². The molecule has 1 atom stereocenters. The van der Waals surface area contributed by atoms with E-state index in [-0.39, 0.29) is 5.41 Å². The van der Waals surface area contributed by atoms with Crippen LogP contribution < -0.4 is 9.47 Å². The van der Waals surface area contributed by atoms with Gasteiger partial charge in [-0.15, -0.1) is 0 Å². The highest BCUT2D eigenvalue weighted by Crippen LogP contribution is 2.30. The van der Waals surface area contributed by atoms with Crippen molar-refractivity contribution in [1.29, 1.82) is 5.26 Å². The summed E-state index contributed by atoms with van der Waals surface area (Å²) in [4.78, 5) is 0. The van der Waals surface area contributed by atoms with E-state index in [9.17, 15) is 5.11 Å². The Morgan fingerprint density at radius 2 is 2.05 bits per heavy atom. The van der Waals surface area contributed by atoms with Gasteiger partial charge in [0.15, 0.2) is 11.5 Å². The monoisotopic (exact) mass is 277 g/mol. The highest BCUT2D eigenvalue weighted by molar-refractivity contribution is 5.43. The maximum atomic E-state index is 9.54. The predicted octanol–water partition coefficient (Wildman–Crippen LogP) is 3.46. The Morgan fingerprint density at radius 3 is 2.60 bits per heavy atom. The molecule has 1 N–H and O–H groups in total. The van der Waals surface area contributed by atoms with Gasteiger partial charge in [0.25, 0.3) is 0 Å². The van der Waals surface area contributed by atoms with E-state index in [1.54, 1.807) is 26.2 Å². The zero-order valence-corrected chi connectivity index (χ0v) is 12.6. The molecule has 1 aromatic rings. The van der Waals surface area contributed by atoms with E-state index in [0.29, 0.717) is 18.1 Å². The van der Waals surface area contributed by atoms with E-state index >= 15 is 0 Å². The van der Waals surface area contributed by atoms with Crippen LogP contribution in [0.5, 0.6) is 11.5 Å². The molecule has 0 unspecified atom stereocenters. The Morgan fingerprint density at radius 1 is 1.35 bits per heavy atom. The molecule has 0 aliphatic heterocycles. The summed E-state index contributed by atoms with van der Waals surface area (Å²) in [5.74, 6) is 1.27. The summed E-state index contributed by atoms with van der Waals surface area (Å²) in [6.07, 6.45) is 1.06. The lowest BCUT2D eigenvalue weighted by molar-refractivity contribution is 0.198. The van der Waals surface area contributed by atoms with Crippen molar-refractivity contribution in [2.75, 3.05) is 13.7 Å². The standard InChI is InChI=1S/C16H23NO3/c1-12(18)13-6-7-14(15(10-13)19-4)20-9-5-8-16(2,3)11-17/h6-7,10,12,18H,5,8-9H2,1-4H3/t12-/m1/s1. The second kappa shape index (κ2) is 7.16. The van der Waals surface area contributed by atoms with E-state index < -0.39 is 6.10 Å². The second-order valence-electron chi connectivity index (χ2n) is 5.53. The van der Waals surface area contributed by atoms with Crippen molar-refractivity contribution >= 4 is 0 Å². The molecule has 20 heavy (non-hydrogen) atoms. The van der Waals surface area contributed by atoms with Crippen molar-refractivity contribution in [2.24, 2.45) is 5.41 Å². The van der Waals surface area contributed by atoms with Crippen LogP contribution in [0.1, 0.15) is 45.3 Å². The largest absolute Gasteiger partial charge is 0.493 e. The molecule has 4 heteroatoms. The number of rotatable bonds is 7. The first-order valence-electron chi connectivity index (χ1n) is 6.79. The van der Waals surface area contributed by atoms with Crippen molar-refractivity contribution < 1.29 is 14.6 Å². The van der Waals surface area contributed by atoms with Crippen LogP contribution >= 0.6 is 0 Å². The van der Waals surface area contributed by atoms with Gasteiger partial charge in [0.05, 0.1) is 31.3 Å². The summed E-state index contributed by atoms with van der Waals surface area (Å²) in [5.41, 5.74) is 0.476. The van der Waals surface area contributed by atoms with Gasteiger partial charge in [-0.25, -0.2) is 0 Å². The van der Waals surface area contributed by atoms with Crippen molar-refractivity contribution in [3.05, 3.63) is 23.8 Å². The third kappa shape index (κ3) is 4.75. The first-order valence-corrected chi connectivity index (χ1v) is 6.79. The summed E-state index contributed by atoms with van der Waals surface area (Å²) in [7, 11) is 1.58. The van der Waals surface area contributed by atoms with Gasteiger partial charge in [-0.3, -0.25) is 0 Å². The number of hydrogen-bond donors (Lipinski definition) is 1. The topological polar surface area (TPSA) is 62.5 Å². The van der Waals surface area contributed by atoms with Gasteiger partial charge in [-0.05, 0) is 51.3 Å². The number of benzene rings is 1.